The number of nitrogen functional groups attached to an aromatic ring is 1. The lowest BCUT2D eigenvalue weighted by atomic mass is 9.94. The Balaban J connectivity index is 1.64. The summed E-state index contributed by atoms with van der Waals surface area (Å²) in [5, 5.41) is 24.7. The average Bonchev–Trinajstić information content (AvgIpc) is 3.22. The zero-order valence-corrected chi connectivity index (χ0v) is 19.6. The van der Waals surface area contributed by atoms with Crippen molar-refractivity contribution >= 4 is 40.0 Å². The number of rotatable bonds is 7. The first-order valence-corrected chi connectivity index (χ1v) is 11.8. The number of amides is 1. The molecule has 32 heavy (non-hydrogen) atoms. The first kappa shape index (κ1) is 23.3. The molecule has 0 aliphatic rings. The third kappa shape index (κ3) is 5.25. The zero-order valence-electron chi connectivity index (χ0n) is 18.0. The van der Waals surface area contributed by atoms with Crippen LogP contribution in [0, 0.1) is 29.6 Å². The molecule has 0 atom stereocenters. The molecule has 2 heterocycles. The van der Waals surface area contributed by atoms with E-state index in [0.29, 0.717) is 27.0 Å². The van der Waals surface area contributed by atoms with Crippen LogP contribution in [0.3, 0.4) is 0 Å². The van der Waals surface area contributed by atoms with Crippen molar-refractivity contribution in [1.29, 1.82) is 10.5 Å². The van der Waals surface area contributed by atoms with Gasteiger partial charge in [-0.1, -0.05) is 43.7 Å². The number of carbonyl (C=O) groups is 1. The first-order valence-electron chi connectivity index (χ1n) is 9.92. The maximum absolute atomic E-state index is 12.4. The van der Waals surface area contributed by atoms with Crippen molar-refractivity contribution in [3.05, 3.63) is 51.9 Å². The molecular formula is C23H22N6OS2. The number of benzene rings is 1. The minimum atomic E-state index is -0.175. The third-order valence-electron chi connectivity index (χ3n) is 4.70. The van der Waals surface area contributed by atoms with Gasteiger partial charge in [0.1, 0.15) is 23.0 Å². The van der Waals surface area contributed by atoms with Gasteiger partial charge in [0.2, 0.25) is 5.91 Å². The van der Waals surface area contributed by atoms with E-state index in [1.54, 1.807) is 0 Å². The van der Waals surface area contributed by atoms with Crippen LogP contribution < -0.4 is 11.1 Å². The fourth-order valence-corrected chi connectivity index (χ4v) is 4.80. The van der Waals surface area contributed by atoms with E-state index in [0.717, 1.165) is 11.3 Å². The number of nitrogens with two attached hydrogens (primary N) is 1. The summed E-state index contributed by atoms with van der Waals surface area (Å²) in [5.74, 6) is 0.284. The molecule has 0 unspecified atom stereocenters. The van der Waals surface area contributed by atoms with E-state index >= 15 is 0 Å². The topological polar surface area (TPSA) is 128 Å². The summed E-state index contributed by atoms with van der Waals surface area (Å²) in [6.07, 6.45) is 0.216. The van der Waals surface area contributed by atoms with E-state index in [1.807, 2.05) is 56.5 Å². The Labute approximate surface area is 195 Å². The van der Waals surface area contributed by atoms with Crippen molar-refractivity contribution in [3.63, 3.8) is 0 Å². The highest BCUT2D eigenvalue weighted by Crippen LogP contribution is 2.33. The minimum absolute atomic E-state index is 0.0557. The molecule has 7 nitrogen and oxygen atoms in total. The Bertz CT molecular complexity index is 1220. The lowest BCUT2D eigenvalue weighted by molar-refractivity contribution is -0.115. The van der Waals surface area contributed by atoms with Gasteiger partial charge in [0.15, 0.2) is 5.13 Å². The molecule has 0 radical (unpaired) electrons. The molecule has 3 rings (SSSR count). The lowest BCUT2D eigenvalue weighted by Gasteiger charge is -2.15. The second-order valence-electron chi connectivity index (χ2n) is 7.39. The molecule has 0 bridgehead atoms. The number of pyridine rings is 1. The van der Waals surface area contributed by atoms with Crippen LogP contribution in [-0.4, -0.2) is 21.6 Å². The summed E-state index contributed by atoms with van der Waals surface area (Å²) < 4.78 is 0. The minimum Gasteiger partial charge on any atom is -0.383 e. The van der Waals surface area contributed by atoms with Gasteiger partial charge in [-0.15, -0.1) is 23.1 Å². The van der Waals surface area contributed by atoms with Gasteiger partial charge in [-0.2, -0.15) is 10.5 Å². The number of aromatic nitrogens is 2. The highest BCUT2D eigenvalue weighted by molar-refractivity contribution is 7.99. The molecule has 0 aliphatic heterocycles. The van der Waals surface area contributed by atoms with Crippen molar-refractivity contribution in [3.8, 4) is 23.4 Å². The Morgan fingerprint density at radius 3 is 2.50 bits per heavy atom. The molecule has 1 aromatic carbocycles. The number of hydrogen-bond acceptors (Lipinski definition) is 8. The van der Waals surface area contributed by atoms with Crippen molar-refractivity contribution in [2.75, 3.05) is 16.8 Å². The van der Waals surface area contributed by atoms with Gasteiger partial charge in [0.05, 0.1) is 16.8 Å². The highest BCUT2D eigenvalue weighted by atomic mass is 32.2. The summed E-state index contributed by atoms with van der Waals surface area (Å²) in [6.45, 7) is 5.83. The molecule has 3 aromatic rings. The van der Waals surface area contributed by atoms with Gasteiger partial charge in [-0.25, -0.2) is 9.97 Å². The van der Waals surface area contributed by atoms with Crippen LogP contribution in [0.1, 0.15) is 48.4 Å². The summed E-state index contributed by atoms with van der Waals surface area (Å²) in [4.78, 5) is 21.1. The zero-order chi connectivity index (χ0) is 23.3. The van der Waals surface area contributed by atoms with Crippen LogP contribution in [0.15, 0.2) is 34.7 Å². The number of nitrogens with zero attached hydrogens (tertiary/aromatic N) is 4. The summed E-state index contributed by atoms with van der Waals surface area (Å²) in [6, 6.07) is 12.2. The Morgan fingerprint density at radius 1 is 1.19 bits per heavy atom. The van der Waals surface area contributed by atoms with Gasteiger partial charge in [-0.3, -0.25) is 4.79 Å². The smallest absolute Gasteiger partial charge is 0.226 e. The second kappa shape index (κ2) is 10.3. The number of hydrogen-bond donors (Lipinski definition) is 2. The fourth-order valence-electron chi connectivity index (χ4n) is 3.12. The number of thioether (sulfide) groups is 1. The van der Waals surface area contributed by atoms with E-state index in [2.05, 4.69) is 21.4 Å². The highest BCUT2D eigenvalue weighted by Gasteiger charge is 2.21. The molecule has 0 aliphatic carbocycles. The molecule has 0 saturated carbocycles. The maximum Gasteiger partial charge on any atom is 0.226 e. The van der Waals surface area contributed by atoms with E-state index in [1.165, 1.54) is 28.7 Å². The predicted octanol–water partition coefficient (Wildman–Crippen LogP) is 5.08. The van der Waals surface area contributed by atoms with Crippen LogP contribution in [-0.2, 0) is 4.79 Å². The van der Waals surface area contributed by atoms with E-state index in [4.69, 9.17) is 5.73 Å². The van der Waals surface area contributed by atoms with Crippen molar-refractivity contribution in [1.82, 2.24) is 9.97 Å². The summed E-state index contributed by atoms with van der Waals surface area (Å²) in [7, 11) is 0. The Kier molecular flexibility index (Phi) is 7.47. The number of nitrogens with one attached hydrogen (secondary N) is 1. The number of aryl methyl sites for hydroxylation is 1. The van der Waals surface area contributed by atoms with Crippen molar-refractivity contribution in [2.24, 2.45) is 0 Å². The maximum atomic E-state index is 12.4. The molecule has 0 fully saturated rings. The van der Waals surface area contributed by atoms with Crippen LogP contribution in [0.4, 0.5) is 10.9 Å². The SMILES string of the molecule is Cc1ccc(-c2csc(NC(=O)CCSc3nc(N)c(C#N)c(C(C)C)c3C#N)n2)cc1. The Morgan fingerprint density at radius 2 is 1.88 bits per heavy atom. The molecular weight excluding hydrogens is 440 g/mol. The largest absolute Gasteiger partial charge is 0.383 e. The summed E-state index contributed by atoms with van der Waals surface area (Å²) in [5.41, 5.74) is 10.1. The molecule has 2 aromatic heterocycles. The van der Waals surface area contributed by atoms with E-state index in [-0.39, 0.29) is 29.6 Å². The standard InChI is InChI=1S/C23H22N6OS2/c1-13(2)20-16(10-24)21(26)29-22(17(20)11-25)31-9-8-19(30)28-23-27-18(12-32-23)15-6-4-14(3)5-7-15/h4-7,12-13H,8-9H2,1-3H3,(H2,26,29)(H,27,28,30). The van der Waals surface area contributed by atoms with E-state index in [9.17, 15) is 15.3 Å². The molecule has 0 saturated heterocycles. The van der Waals surface area contributed by atoms with Gasteiger partial charge in [0, 0.05) is 23.1 Å². The molecule has 0 spiro atoms. The quantitative estimate of drug-likeness (QED) is 0.468. The van der Waals surface area contributed by atoms with Crippen LogP contribution in [0.2, 0.25) is 0 Å². The third-order valence-corrected chi connectivity index (χ3v) is 6.43. The number of carbonyl (C=O) groups excluding carboxylic acids is 1. The Hall–Kier alpha value is -3.40. The van der Waals surface area contributed by atoms with Crippen LogP contribution >= 0.6 is 23.1 Å². The number of nitriles is 2. The van der Waals surface area contributed by atoms with Gasteiger partial charge in [-0.05, 0) is 18.4 Å². The number of anilines is 2. The van der Waals surface area contributed by atoms with Crippen LogP contribution in [0.5, 0.6) is 0 Å². The molecule has 9 heteroatoms. The molecule has 162 valence electrons. The molecule has 3 N–H and O–H groups in total. The van der Waals surface area contributed by atoms with Gasteiger partial charge < -0.3 is 11.1 Å². The predicted molar refractivity (Wildman–Crippen MR) is 128 cm³/mol. The normalized spacial score (nSPS) is 10.6. The van der Waals surface area contributed by atoms with Crippen molar-refractivity contribution < 1.29 is 4.79 Å². The fraction of sp³-hybridized carbons (Fsp3) is 0.261. The lowest BCUT2D eigenvalue weighted by Crippen LogP contribution is -2.12. The van der Waals surface area contributed by atoms with Crippen molar-refractivity contribution in [2.45, 2.75) is 38.1 Å². The second-order valence-corrected chi connectivity index (χ2v) is 9.34. The van der Waals surface area contributed by atoms with E-state index < -0.39 is 0 Å². The summed E-state index contributed by atoms with van der Waals surface area (Å²) >= 11 is 2.65. The molecule has 1 amide bonds. The van der Waals surface area contributed by atoms with Gasteiger partial charge in [0.25, 0.3) is 0 Å². The van der Waals surface area contributed by atoms with Crippen LogP contribution in [0.25, 0.3) is 11.3 Å². The van der Waals surface area contributed by atoms with Gasteiger partial charge >= 0.3 is 0 Å². The first-order chi connectivity index (χ1) is 15.3. The average molecular weight is 463 g/mol. The monoisotopic (exact) mass is 462 g/mol. The number of thiazole rings is 1.